The third-order valence-corrected chi connectivity index (χ3v) is 7.75. The summed E-state index contributed by atoms with van der Waals surface area (Å²) >= 11 is 0. The molecule has 1 aliphatic rings. The van der Waals surface area contributed by atoms with Gasteiger partial charge < -0.3 is 20.1 Å². The van der Waals surface area contributed by atoms with Crippen molar-refractivity contribution in [2.24, 2.45) is 5.92 Å². The highest BCUT2D eigenvalue weighted by atomic mass is 16.6. The van der Waals surface area contributed by atoms with Crippen LogP contribution in [0, 0.1) is 5.92 Å². The molecule has 1 aromatic heterocycles. The number of alkyl carbamates (subject to hydrolysis) is 2. The Morgan fingerprint density at radius 1 is 0.821 bits per heavy atom. The Balaban J connectivity index is 1.40. The highest BCUT2D eigenvalue weighted by molar-refractivity contribution is 5.68. The average molecular weight is 546 g/mol. The molecule has 0 saturated heterocycles. The van der Waals surface area contributed by atoms with Crippen LogP contribution in [-0.4, -0.2) is 36.4 Å². The van der Waals surface area contributed by atoms with Gasteiger partial charge in [-0.25, -0.2) is 9.59 Å². The van der Waals surface area contributed by atoms with Crippen molar-refractivity contribution in [1.29, 1.82) is 0 Å². The number of nitrogens with one attached hydrogen (secondary N) is 2. The normalized spacial score (nSPS) is 13.9. The monoisotopic (exact) mass is 545 g/mol. The molecule has 0 spiro atoms. The summed E-state index contributed by atoms with van der Waals surface area (Å²) in [4.78, 5) is 28.6. The van der Waals surface area contributed by atoms with Gasteiger partial charge in [0.1, 0.15) is 12.7 Å². The Kier molecular flexibility index (Phi) is 19.0. The van der Waals surface area contributed by atoms with E-state index in [1.165, 1.54) is 89.9 Å². The van der Waals surface area contributed by atoms with Crippen molar-refractivity contribution in [3.63, 3.8) is 0 Å². The zero-order valence-electron chi connectivity index (χ0n) is 24.6. The van der Waals surface area contributed by atoms with Crippen molar-refractivity contribution < 1.29 is 19.1 Å². The van der Waals surface area contributed by atoms with Crippen LogP contribution in [0.1, 0.15) is 135 Å². The molecule has 7 heteroatoms. The lowest BCUT2D eigenvalue weighted by molar-refractivity contribution is -0.00846. The van der Waals surface area contributed by atoms with E-state index in [1.54, 1.807) is 6.20 Å². The molecule has 1 saturated carbocycles. The van der Waals surface area contributed by atoms with Gasteiger partial charge in [0, 0.05) is 12.7 Å². The fourth-order valence-corrected chi connectivity index (χ4v) is 4.99. The molecule has 2 N–H and O–H groups in total. The molecular formula is C32H55N3O4. The first kappa shape index (κ1) is 32.9. The summed E-state index contributed by atoms with van der Waals surface area (Å²) in [6, 6.07) is 5.55. The van der Waals surface area contributed by atoms with E-state index in [0.29, 0.717) is 13.1 Å². The number of pyridine rings is 1. The van der Waals surface area contributed by atoms with Crippen molar-refractivity contribution in [3.8, 4) is 0 Å². The molecule has 1 atom stereocenters. The van der Waals surface area contributed by atoms with Gasteiger partial charge in [-0.05, 0) is 37.3 Å². The number of carbonyl (C=O) groups is 2. The lowest BCUT2D eigenvalue weighted by Crippen LogP contribution is -2.40. The van der Waals surface area contributed by atoms with Gasteiger partial charge in [0.15, 0.2) is 0 Å². The summed E-state index contributed by atoms with van der Waals surface area (Å²) in [6.07, 6.45) is 24.7. The first-order chi connectivity index (χ1) is 19.2. The smallest absolute Gasteiger partial charge is 0.407 e. The van der Waals surface area contributed by atoms with E-state index in [-0.39, 0.29) is 12.5 Å². The van der Waals surface area contributed by atoms with Gasteiger partial charge in [0.2, 0.25) is 0 Å². The second-order valence-electron chi connectivity index (χ2n) is 11.1. The Bertz CT molecular complexity index is 742. The van der Waals surface area contributed by atoms with E-state index in [2.05, 4.69) is 22.5 Å². The number of amides is 2. The summed E-state index contributed by atoms with van der Waals surface area (Å²) in [6.45, 7) is 3.29. The molecule has 222 valence electrons. The highest BCUT2D eigenvalue weighted by Crippen LogP contribution is 2.31. The lowest BCUT2D eigenvalue weighted by atomic mass is 9.81. The predicted octanol–water partition coefficient (Wildman–Crippen LogP) is 8.46. The van der Waals surface area contributed by atoms with Gasteiger partial charge in [0.05, 0.1) is 12.2 Å². The third-order valence-electron chi connectivity index (χ3n) is 7.75. The van der Waals surface area contributed by atoms with Crippen molar-refractivity contribution in [2.45, 2.75) is 142 Å². The summed E-state index contributed by atoms with van der Waals surface area (Å²) in [5.41, 5.74) is 0.763. The maximum absolute atomic E-state index is 12.2. The van der Waals surface area contributed by atoms with Crippen molar-refractivity contribution in [2.75, 3.05) is 13.2 Å². The van der Waals surface area contributed by atoms with Crippen LogP contribution in [0.3, 0.4) is 0 Å². The van der Waals surface area contributed by atoms with Gasteiger partial charge in [-0.1, -0.05) is 116 Å². The highest BCUT2D eigenvalue weighted by Gasteiger charge is 2.31. The van der Waals surface area contributed by atoms with Crippen LogP contribution in [0.2, 0.25) is 0 Å². The SMILES string of the molecule is CCCCCCCCCCCCCCCCCCNC(=O)OCC(OC(=O)NCc1ccccn1)C1CCC1. The Hall–Kier alpha value is -2.31. The molecule has 2 amide bonds. The topological polar surface area (TPSA) is 89.5 Å². The van der Waals surface area contributed by atoms with Gasteiger partial charge >= 0.3 is 12.2 Å². The molecule has 39 heavy (non-hydrogen) atoms. The Morgan fingerprint density at radius 2 is 1.41 bits per heavy atom. The molecule has 0 bridgehead atoms. The van der Waals surface area contributed by atoms with Crippen LogP contribution in [0.15, 0.2) is 24.4 Å². The van der Waals surface area contributed by atoms with E-state index < -0.39 is 18.3 Å². The van der Waals surface area contributed by atoms with Crippen LogP contribution in [-0.2, 0) is 16.0 Å². The molecule has 7 nitrogen and oxygen atoms in total. The minimum atomic E-state index is -0.505. The van der Waals surface area contributed by atoms with E-state index >= 15 is 0 Å². The fourth-order valence-electron chi connectivity index (χ4n) is 4.99. The number of hydrogen-bond acceptors (Lipinski definition) is 5. The standard InChI is InChI=1S/C32H55N3O4/c1-2-3-4-5-6-7-8-9-10-11-12-13-14-15-16-18-25-34-31(36)38-27-30(28-21-20-22-28)39-32(37)35-26-29-23-17-19-24-33-29/h17,19,23-24,28,30H,2-16,18,20-22,25-27H2,1H3,(H,34,36)(H,35,37). The largest absolute Gasteiger partial charge is 0.446 e. The van der Waals surface area contributed by atoms with Gasteiger partial charge in [-0.3, -0.25) is 4.98 Å². The zero-order valence-corrected chi connectivity index (χ0v) is 24.6. The molecule has 1 unspecified atom stereocenters. The molecule has 1 heterocycles. The molecule has 1 aromatic rings. The van der Waals surface area contributed by atoms with E-state index in [9.17, 15) is 9.59 Å². The van der Waals surface area contributed by atoms with Crippen LogP contribution in [0.5, 0.6) is 0 Å². The molecule has 0 aromatic carbocycles. The van der Waals surface area contributed by atoms with Crippen molar-refractivity contribution >= 4 is 12.2 Å². The number of unbranched alkanes of at least 4 members (excludes halogenated alkanes) is 15. The second-order valence-corrected chi connectivity index (χ2v) is 11.1. The Labute approximate surface area is 237 Å². The number of ether oxygens (including phenoxy) is 2. The predicted molar refractivity (Wildman–Crippen MR) is 158 cm³/mol. The minimum Gasteiger partial charge on any atom is -0.446 e. The number of hydrogen-bond donors (Lipinski definition) is 2. The van der Waals surface area contributed by atoms with Crippen molar-refractivity contribution in [1.82, 2.24) is 15.6 Å². The van der Waals surface area contributed by atoms with Crippen LogP contribution < -0.4 is 10.6 Å². The first-order valence-corrected chi connectivity index (χ1v) is 15.9. The summed E-state index contributed by atoms with van der Waals surface area (Å²) in [5.74, 6) is 0.249. The number of nitrogens with zero attached hydrogens (tertiary/aromatic N) is 1. The number of rotatable bonds is 23. The summed E-state index contributed by atoms with van der Waals surface area (Å²) < 4.78 is 11.0. The Morgan fingerprint density at radius 3 is 1.92 bits per heavy atom. The van der Waals surface area contributed by atoms with Crippen molar-refractivity contribution in [3.05, 3.63) is 30.1 Å². The number of carbonyl (C=O) groups excluding carboxylic acids is 2. The van der Waals surface area contributed by atoms with Crippen LogP contribution in [0.4, 0.5) is 9.59 Å². The second kappa shape index (κ2) is 22.5. The van der Waals surface area contributed by atoms with Crippen LogP contribution >= 0.6 is 0 Å². The summed E-state index contributed by atoms with van der Waals surface area (Å²) in [5, 5.41) is 5.56. The molecule has 0 radical (unpaired) electrons. The van der Waals surface area contributed by atoms with Gasteiger partial charge in [0.25, 0.3) is 0 Å². The third kappa shape index (κ3) is 17.1. The van der Waals surface area contributed by atoms with E-state index in [4.69, 9.17) is 9.47 Å². The molecule has 0 aliphatic heterocycles. The minimum absolute atomic E-state index is 0.0897. The van der Waals surface area contributed by atoms with Gasteiger partial charge in [-0.15, -0.1) is 0 Å². The summed E-state index contributed by atoms with van der Waals surface area (Å²) in [7, 11) is 0. The lowest BCUT2D eigenvalue weighted by Gasteiger charge is -2.32. The molecule has 1 aliphatic carbocycles. The molecule has 1 fully saturated rings. The average Bonchev–Trinajstić information content (AvgIpc) is 2.92. The maximum Gasteiger partial charge on any atom is 0.407 e. The van der Waals surface area contributed by atoms with Gasteiger partial charge in [-0.2, -0.15) is 0 Å². The first-order valence-electron chi connectivity index (χ1n) is 15.9. The quantitative estimate of drug-likeness (QED) is 0.135. The van der Waals surface area contributed by atoms with Crippen LogP contribution in [0.25, 0.3) is 0 Å². The molecule has 2 rings (SSSR count). The maximum atomic E-state index is 12.2. The number of aromatic nitrogens is 1. The fraction of sp³-hybridized carbons (Fsp3) is 0.781. The molecular weight excluding hydrogens is 490 g/mol. The zero-order chi connectivity index (χ0) is 27.8. The van der Waals surface area contributed by atoms with E-state index in [1.807, 2.05) is 18.2 Å². The van der Waals surface area contributed by atoms with E-state index in [0.717, 1.165) is 37.8 Å².